The molecule has 7 N–H and O–H groups in total. The normalized spacial score (nSPS) is 30.1. The van der Waals surface area contributed by atoms with Crippen molar-refractivity contribution < 1.29 is 15.3 Å². The number of hydrogen-bond acceptors (Lipinski definition) is 6. The number of fused-ring (bicyclic) bond motifs is 1. The van der Waals surface area contributed by atoms with Crippen molar-refractivity contribution in [1.29, 1.82) is 0 Å². The molecule has 0 amide bonds. The van der Waals surface area contributed by atoms with E-state index in [4.69, 9.17) is 17.3 Å². The molecule has 3 rings (SSSR count). The Morgan fingerprint density at radius 2 is 1.95 bits per heavy atom. The standard InChI is InChI=1S/C11H14N4O4S/c16-2-4-8(17)9(18)6(13-4)3-1-12-7-5(3)14-11(20)15-10(7)19/h1,4,6,8-9,12-13,16-18H,2H2,(H2,14,15,19,20). The molecule has 9 heteroatoms. The molecule has 1 saturated heterocycles. The van der Waals surface area contributed by atoms with Crippen LogP contribution in [0.1, 0.15) is 11.6 Å². The Labute approximate surface area is 117 Å². The summed E-state index contributed by atoms with van der Waals surface area (Å²) in [5, 5.41) is 32.0. The summed E-state index contributed by atoms with van der Waals surface area (Å²) in [6.07, 6.45) is -0.606. The zero-order chi connectivity index (χ0) is 14.4. The van der Waals surface area contributed by atoms with Gasteiger partial charge < -0.3 is 30.6 Å². The molecule has 1 aliphatic rings. The maximum atomic E-state index is 11.7. The molecular formula is C11H14N4O4S. The maximum Gasteiger partial charge on any atom is 0.276 e. The summed E-state index contributed by atoms with van der Waals surface area (Å²) in [5.41, 5.74) is 1.01. The highest BCUT2D eigenvalue weighted by Crippen LogP contribution is 2.30. The molecule has 108 valence electrons. The van der Waals surface area contributed by atoms with Crippen molar-refractivity contribution in [3.8, 4) is 0 Å². The van der Waals surface area contributed by atoms with Crippen LogP contribution in [-0.4, -0.2) is 55.1 Å². The van der Waals surface area contributed by atoms with Gasteiger partial charge in [-0.3, -0.25) is 9.78 Å². The van der Waals surface area contributed by atoms with E-state index in [0.717, 1.165) is 0 Å². The third kappa shape index (κ3) is 1.91. The summed E-state index contributed by atoms with van der Waals surface area (Å²) in [5.74, 6) is 0. The van der Waals surface area contributed by atoms with E-state index in [1.165, 1.54) is 0 Å². The van der Waals surface area contributed by atoms with Crippen molar-refractivity contribution in [1.82, 2.24) is 20.3 Å². The van der Waals surface area contributed by atoms with E-state index in [1.807, 2.05) is 0 Å². The average Bonchev–Trinajstić information content (AvgIpc) is 2.93. The SMILES string of the molecule is O=c1[nH]c(=S)[nH]c2c(C3NC(CO)C(O)C3O)c[nH]c12. The Kier molecular flexibility index (Phi) is 3.22. The Balaban J connectivity index is 2.12. The van der Waals surface area contributed by atoms with E-state index in [9.17, 15) is 15.0 Å². The number of aliphatic hydroxyl groups is 3. The monoisotopic (exact) mass is 298 g/mol. The predicted octanol–water partition coefficient (Wildman–Crippen LogP) is -1.36. The fourth-order valence-electron chi connectivity index (χ4n) is 2.61. The molecule has 0 aromatic carbocycles. The smallest absolute Gasteiger partial charge is 0.276 e. The van der Waals surface area contributed by atoms with Crippen LogP contribution in [0.5, 0.6) is 0 Å². The van der Waals surface area contributed by atoms with Crippen LogP contribution in [0.15, 0.2) is 11.0 Å². The second-order valence-corrected chi connectivity index (χ2v) is 5.23. The Morgan fingerprint density at radius 3 is 2.60 bits per heavy atom. The van der Waals surface area contributed by atoms with Gasteiger partial charge in [0.1, 0.15) is 11.6 Å². The second kappa shape index (κ2) is 4.79. The van der Waals surface area contributed by atoms with Gasteiger partial charge in [-0.2, -0.15) is 0 Å². The van der Waals surface area contributed by atoms with Crippen molar-refractivity contribution in [3.63, 3.8) is 0 Å². The molecule has 0 saturated carbocycles. The van der Waals surface area contributed by atoms with Crippen molar-refractivity contribution in [2.24, 2.45) is 0 Å². The van der Waals surface area contributed by atoms with Gasteiger partial charge in [-0.05, 0) is 12.2 Å². The van der Waals surface area contributed by atoms with Crippen LogP contribution < -0.4 is 10.9 Å². The van der Waals surface area contributed by atoms with Gasteiger partial charge >= 0.3 is 0 Å². The summed E-state index contributed by atoms with van der Waals surface area (Å²) in [6, 6.07) is -1.23. The number of aromatic amines is 3. The Hall–Kier alpha value is -1.52. The van der Waals surface area contributed by atoms with Crippen molar-refractivity contribution >= 4 is 23.3 Å². The molecular weight excluding hydrogens is 284 g/mol. The molecule has 2 aromatic rings. The average molecular weight is 298 g/mol. The topological polar surface area (TPSA) is 137 Å². The van der Waals surface area contributed by atoms with Crippen molar-refractivity contribution in [3.05, 3.63) is 26.9 Å². The first-order valence-corrected chi connectivity index (χ1v) is 6.50. The number of aliphatic hydroxyl groups excluding tert-OH is 3. The molecule has 20 heavy (non-hydrogen) atoms. The lowest BCUT2D eigenvalue weighted by atomic mass is 10.0. The number of nitrogens with one attached hydrogen (secondary N) is 4. The molecule has 1 fully saturated rings. The molecule has 0 bridgehead atoms. The zero-order valence-electron chi connectivity index (χ0n) is 10.3. The minimum Gasteiger partial charge on any atom is -0.395 e. The summed E-state index contributed by atoms with van der Waals surface area (Å²) >= 11 is 4.93. The third-order valence-electron chi connectivity index (χ3n) is 3.63. The molecule has 1 aliphatic heterocycles. The summed E-state index contributed by atoms with van der Waals surface area (Å²) in [4.78, 5) is 19.9. The van der Waals surface area contributed by atoms with Gasteiger partial charge in [0.25, 0.3) is 5.56 Å². The predicted molar refractivity (Wildman–Crippen MR) is 72.9 cm³/mol. The molecule has 4 atom stereocenters. The van der Waals surface area contributed by atoms with Crippen LogP contribution in [0.3, 0.4) is 0 Å². The minimum atomic E-state index is -1.09. The van der Waals surface area contributed by atoms with Gasteiger partial charge in [0, 0.05) is 11.8 Å². The Bertz CT molecular complexity index is 751. The van der Waals surface area contributed by atoms with Gasteiger partial charge in [-0.25, -0.2) is 0 Å². The van der Waals surface area contributed by atoms with Crippen LogP contribution in [0, 0.1) is 4.77 Å². The van der Waals surface area contributed by atoms with Gasteiger partial charge in [0.05, 0.1) is 30.3 Å². The second-order valence-electron chi connectivity index (χ2n) is 4.82. The fraction of sp³-hybridized carbons (Fsp3) is 0.455. The molecule has 2 aromatic heterocycles. The highest BCUT2D eigenvalue weighted by molar-refractivity contribution is 7.71. The van der Waals surface area contributed by atoms with Crippen LogP contribution in [-0.2, 0) is 0 Å². The first kappa shape index (κ1) is 13.5. The van der Waals surface area contributed by atoms with E-state index < -0.39 is 24.3 Å². The quantitative estimate of drug-likeness (QED) is 0.342. The minimum absolute atomic E-state index is 0.176. The largest absolute Gasteiger partial charge is 0.395 e. The molecule has 3 heterocycles. The zero-order valence-corrected chi connectivity index (χ0v) is 11.1. The summed E-state index contributed by atoms with van der Waals surface area (Å²) < 4.78 is 0.176. The fourth-order valence-corrected chi connectivity index (χ4v) is 2.80. The van der Waals surface area contributed by atoms with E-state index in [2.05, 4.69) is 20.3 Å². The number of rotatable bonds is 2. The van der Waals surface area contributed by atoms with Crippen LogP contribution in [0.2, 0.25) is 0 Å². The Morgan fingerprint density at radius 1 is 1.20 bits per heavy atom. The number of H-pyrrole nitrogens is 3. The molecule has 0 spiro atoms. The maximum absolute atomic E-state index is 11.7. The molecule has 4 unspecified atom stereocenters. The first-order valence-electron chi connectivity index (χ1n) is 6.09. The summed E-state index contributed by atoms with van der Waals surface area (Å²) in [6.45, 7) is -0.298. The van der Waals surface area contributed by atoms with Crippen molar-refractivity contribution in [2.45, 2.75) is 24.3 Å². The number of aromatic nitrogens is 3. The lowest BCUT2D eigenvalue weighted by Gasteiger charge is -2.14. The van der Waals surface area contributed by atoms with Crippen LogP contribution in [0.25, 0.3) is 11.0 Å². The molecule has 8 nitrogen and oxygen atoms in total. The first-order chi connectivity index (χ1) is 9.52. The molecule has 0 aliphatic carbocycles. The van der Waals surface area contributed by atoms with Gasteiger partial charge in [-0.1, -0.05) is 0 Å². The summed E-state index contributed by atoms with van der Waals surface area (Å²) in [7, 11) is 0. The number of hydrogen-bond donors (Lipinski definition) is 7. The van der Waals surface area contributed by atoms with Gasteiger partial charge in [-0.15, -0.1) is 0 Å². The van der Waals surface area contributed by atoms with E-state index in [1.54, 1.807) is 6.20 Å². The van der Waals surface area contributed by atoms with Gasteiger partial charge in [0.2, 0.25) is 0 Å². The van der Waals surface area contributed by atoms with E-state index in [-0.39, 0.29) is 16.9 Å². The third-order valence-corrected chi connectivity index (χ3v) is 3.84. The van der Waals surface area contributed by atoms with Crippen molar-refractivity contribution in [2.75, 3.05) is 6.61 Å². The highest BCUT2D eigenvalue weighted by atomic mass is 32.1. The van der Waals surface area contributed by atoms with E-state index in [0.29, 0.717) is 16.6 Å². The lowest BCUT2D eigenvalue weighted by Crippen LogP contribution is -2.35. The molecule has 0 radical (unpaired) electrons. The van der Waals surface area contributed by atoms with E-state index >= 15 is 0 Å². The van der Waals surface area contributed by atoms with Crippen LogP contribution in [0.4, 0.5) is 0 Å². The van der Waals surface area contributed by atoms with Gasteiger partial charge in [0.15, 0.2) is 4.77 Å². The highest BCUT2D eigenvalue weighted by Gasteiger charge is 2.42. The van der Waals surface area contributed by atoms with Crippen LogP contribution >= 0.6 is 12.2 Å². The lowest BCUT2D eigenvalue weighted by molar-refractivity contribution is 0.0196.